The molecule has 1 heterocycles. The van der Waals surface area contributed by atoms with E-state index in [1.165, 1.54) is 12.1 Å². The van der Waals surface area contributed by atoms with E-state index >= 15 is 0 Å². The standard InChI is InChI=1S/C25H23F3N2O.C2H2O4/c26-25(27,28)23-9-5-4-8-22(23)18-29-14-16-30(17-15-29)24(31)21-12-10-20(11-13-21)19-6-2-1-3-7-19;3-1(4)2(5)6/h1-13H,14-18H2;(H,3,4)(H,5,6). The Hall–Kier alpha value is -4.18. The monoisotopic (exact) mass is 514 g/mol. The summed E-state index contributed by atoms with van der Waals surface area (Å²) in [6.45, 7) is 2.30. The quantitative estimate of drug-likeness (QED) is 0.498. The molecule has 1 aliphatic rings. The van der Waals surface area contributed by atoms with Gasteiger partial charge in [-0.3, -0.25) is 9.69 Å². The molecule has 10 heteroatoms. The number of carboxylic acids is 2. The molecule has 0 unspecified atom stereocenters. The van der Waals surface area contributed by atoms with Crippen LogP contribution >= 0.6 is 0 Å². The topological polar surface area (TPSA) is 98.1 Å². The van der Waals surface area contributed by atoms with Crippen molar-refractivity contribution >= 4 is 17.8 Å². The first-order chi connectivity index (χ1) is 17.6. The molecule has 7 nitrogen and oxygen atoms in total. The lowest BCUT2D eigenvalue weighted by molar-refractivity contribution is -0.159. The van der Waals surface area contributed by atoms with Crippen LogP contribution in [0.5, 0.6) is 0 Å². The first-order valence-corrected chi connectivity index (χ1v) is 11.3. The number of nitrogens with zero attached hydrogens (tertiary/aromatic N) is 2. The molecule has 194 valence electrons. The fourth-order valence-electron chi connectivity index (χ4n) is 3.90. The first kappa shape index (κ1) is 27.4. The number of benzene rings is 3. The Morgan fingerprint density at radius 3 is 1.76 bits per heavy atom. The van der Waals surface area contributed by atoms with Crippen molar-refractivity contribution in [2.75, 3.05) is 26.2 Å². The molecule has 0 radical (unpaired) electrons. The second kappa shape index (κ2) is 12.2. The molecule has 0 saturated carbocycles. The number of piperazine rings is 1. The first-order valence-electron chi connectivity index (χ1n) is 11.3. The van der Waals surface area contributed by atoms with Crippen molar-refractivity contribution in [2.24, 2.45) is 0 Å². The summed E-state index contributed by atoms with van der Waals surface area (Å²) in [6, 6.07) is 23.2. The highest BCUT2D eigenvalue weighted by Crippen LogP contribution is 2.32. The molecule has 1 aliphatic heterocycles. The predicted molar refractivity (Wildman–Crippen MR) is 130 cm³/mol. The Kier molecular flexibility index (Phi) is 9.02. The minimum Gasteiger partial charge on any atom is -0.473 e. The van der Waals surface area contributed by atoms with Crippen molar-refractivity contribution in [3.63, 3.8) is 0 Å². The van der Waals surface area contributed by atoms with Gasteiger partial charge in [-0.05, 0) is 34.9 Å². The fourth-order valence-corrected chi connectivity index (χ4v) is 3.90. The third-order valence-corrected chi connectivity index (χ3v) is 5.80. The van der Waals surface area contributed by atoms with Gasteiger partial charge in [0.05, 0.1) is 5.56 Å². The van der Waals surface area contributed by atoms with Gasteiger partial charge in [-0.15, -0.1) is 0 Å². The van der Waals surface area contributed by atoms with Crippen LogP contribution in [-0.2, 0) is 22.3 Å². The number of alkyl halides is 3. The highest BCUT2D eigenvalue weighted by molar-refractivity contribution is 6.27. The molecule has 0 bridgehead atoms. The van der Waals surface area contributed by atoms with E-state index in [2.05, 4.69) is 0 Å². The van der Waals surface area contributed by atoms with Gasteiger partial charge in [0.25, 0.3) is 5.91 Å². The van der Waals surface area contributed by atoms with E-state index in [0.29, 0.717) is 31.7 Å². The third-order valence-electron chi connectivity index (χ3n) is 5.80. The molecule has 1 saturated heterocycles. The number of rotatable bonds is 4. The SMILES string of the molecule is O=C(O)C(=O)O.O=C(c1ccc(-c2ccccc2)cc1)N1CCN(Cc2ccccc2C(F)(F)F)CC1. The molecular weight excluding hydrogens is 489 g/mol. The summed E-state index contributed by atoms with van der Waals surface area (Å²) >= 11 is 0. The Balaban J connectivity index is 0.000000568. The van der Waals surface area contributed by atoms with Crippen LogP contribution in [0.4, 0.5) is 13.2 Å². The summed E-state index contributed by atoms with van der Waals surface area (Å²) < 4.78 is 39.7. The Labute approximate surface area is 211 Å². The van der Waals surface area contributed by atoms with E-state index in [-0.39, 0.29) is 18.0 Å². The van der Waals surface area contributed by atoms with Crippen LogP contribution in [0.1, 0.15) is 21.5 Å². The van der Waals surface area contributed by atoms with Crippen LogP contribution < -0.4 is 0 Å². The van der Waals surface area contributed by atoms with Gasteiger partial charge in [0.15, 0.2) is 0 Å². The van der Waals surface area contributed by atoms with Gasteiger partial charge in [0.2, 0.25) is 0 Å². The van der Waals surface area contributed by atoms with Crippen molar-refractivity contribution in [3.8, 4) is 11.1 Å². The van der Waals surface area contributed by atoms with Crippen molar-refractivity contribution in [2.45, 2.75) is 12.7 Å². The molecule has 37 heavy (non-hydrogen) atoms. The van der Waals surface area contributed by atoms with Crippen molar-refractivity contribution < 1.29 is 37.8 Å². The van der Waals surface area contributed by atoms with E-state index in [1.807, 2.05) is 59.5 Å². The molecular formula is C27H25F3N2O5. The molecule has 1 amide bonds. The summed E-state index contributed by atoms with van der Waals surface area (Å²) in [5.74, 6) is -3.69. The number of carbonyl (C=O) groups excluding carboxylic acids is 1. The molecule has 4 rings (SSSR count). The largest absolute Gasteiger partial charge is 0.473 e. The molecule has 1 fully saturated rings. The molecule has 3 aromatic carbocycles. The maximum atomic E-state index is 13.2. The Morgan fingerprint density at radius 1 is 0.703 bits per heavy atom. The smallest absolute Gasteiger partial charge is 0.416 e. The second-order valence-electron chi connectivity index (χ2n) is 8.28. The van der Waals surface area contributed by atoms with Crippen LogP contribution in [0.2, 0.25) is 0 Å². The lowest BCUT2D eigenvalue weighted by atomic mass is 10.0. The number of carboxylic acid groups (broad SMARTS) is 2. The zero-order valence-electron chi connectivity index (χ0n) is 19.7. The van der Waals surface area contributed by atoms with Gasteiger partial charge in [-0.1, -0.05) is 60.7 Å². The van der Waals surface area contributed by atoms with Gasteiger partial charge in [-0.2, -0.15) is 13.2 Å². The molecule has 3 aromatic rings. The van der Waals surface area contributed by atoms with E-state index < -0.39 is 23.7 Å². The van der Waals surface area contributed by atoms with Crippen LogP contribution in [0.3, 0.4) is 0 Å². The molecule has 0 aromatic heterocycles. The zero-order chi connectivity index (χ0) is 27.0. The van der Waals surface area contributed by atoms with Crippen molar-refractivity contribution in [1.29, 1.82) is 0 Å². The highest BCUT2D eigenvalue weighted by atomic mass is 19.4. The van der Waals surface area contributed by atoms with E-state index in [0.717, 1.165) is 17.2 Å². The van der Waals surface area contributed by atoms with E-state index in [1.54, 1.807) is 11.0 Å². The van der Waals surface area contributed by atoms with E-state index in [9.17, 15) is 18.0 Å². The number of halogens is 3. The van der Waals surface area contributed by atoms with Gasteiger partial charge in [0.1, 0.15) is 0 Å². The second-order valence-corrected chi connectivity index (χ2v) is 8.28. The Bertz CT molecular complexity index is 1210. The molecule has 0 atom stereocenters. The lowest BCUT2D eigenvalue weighted by Crippen LogP contribution is -2.48. The zero-order valence-corrected chi connectivity index (χ0v) is 19.7. The van der Waals surface area contributed by atoms with Crippen LogP contribution in [0.25, 0.3) is 11.1 Å². The molecule has 0 aliphatic carbocycles. The average molecular weight is 515 g/mol. The number of aliphatic carboxylic acids is 2. The van der Waals surface area contributed by atoms with Gasteiger partial charge < -0.3 is 15.1 Å². The predicted octanol–water partition coefficient (Wildman–Crippen LogP) is 4.49. The van der Waals surface area contributed by atoms with Crippen molar-refractivity contribution in [1.82, 2.24) is 9.80 Å². The van der Waals surface area contributed by atoms with Gasteiger partial charge in [-0.25, -0.2) is 9.59 Å². The normalized spacial score (nSPS) is 13.9. The summed E-state index contributed by atoms with van der Waals surface area (Å²) in [7, 11) is 0. The van der Waals surface area contributed by atoms with Crippen LogP contribution in [-0.4, -0.2) is 64.0 Å². The summed E-state index contributed by atoms with van der Waals surface area (Å²) in [4.78, 5) is 34.8. The minimum atomic E-state index is -4.36. The van der Waals surface area contributed by atoms with Crippen LogP contribution in [0, 0.1) is 0 Å². The molecule has 2 N–H and O–H groups in total. The Morgan fingerprint density at radius 2 is 1.22 bits per heavy atom. The lowest BCUT2D eigenvalue weighted by Gasteiger charge is -2.35. The highest BCUT2D eigenvalue weighted by Gasteiger charge is 2.33. The number of amides is 1. The van der Waals surface area contributed by atoms with Gasteiger partial charge >= 0.3 is 18.1 Å². The summed E-state index contributed by atoms with van der Waals surface area (Å²) in [5, 5.41) is 14.8. The minimum absolute atomic E-state index is 0.0463. The van der Waals surface area contributed by atoms with Gasteiger partial charge in [0, 0.05) is 38.3 Å². The summed E-state index contributed by atoms with van der Waals surface area (Å²) in [6.07, 6.45) is -4.36. The number of carbonyl (C=O) groups is 3. The molecule has 0 spiro atoms. The fraction of sp³-hybridized carbons (Fsp3) is 0.222. The maximum absolute atomic E-state index is 13.2. The third kappa shape index (κ3) is 7.65. The van der Waals surface area contributed by atoms with E-state index in [4.69, 9.17) is 19.8 Å². The number of hydrogen-bond donors (Lipinski definition) is 2. The number of hydrogen-bond acceptors (Lipinski definition) is 4. The van der Waals surface area contributed by atoms with Crippen LogP contribution in [0.15, 0.2) is 78.9 Å². The maximum Gasteiger partial charge on any atom is 0.416 e. The average Bonchev–Trinajstić information content (AvgIpc) is 2.89. The van der Waals surface area contributed by atoms with Crippen molar-refractivity contribution in [3.05, 3.63) is 95.6 Å². The summed E-state index contributed by atoms with van der Waals surface area (Å²) in [5.41, 5.74) is 2.44.